The molecule has 4 heteroatoms. The van der Waals surface area contributed by atoms with Gasteiger partial charge in [0.15, 0.2) is 10.9 Å². The number of benzene rings is 4. The Morgan fingerprint density at radius 2 is 0.833 bits per heavy atom. The van der Waals surface area contributed by atoms with Gasteiger partial charge < -0.3 is 9.80 Å². The molecule has 5 aromatic carbocycles. The SMILES string of the molecule is CC1(C)c2ccccc2N(c2ccccc2)C1C=c1c(=O)c(=CC2N(c3ccccc3)c3ccccc3C2(C)C)c1=O. The summed E-state index contributed by atoms with van der Waals surface area (Å²) >= 11 is 0. The average molecular weight is 551 g/mol. The molecule has 0 N–H and O–H groups in total. The number of para-hydroxylation sites is 4. The van der Waals surface area contributed by atoms with E-state index >= 15 is 0 Å². The minimum atomic E-state index is -0.307. The highest BCUT2D eigenvalue weighted by atomic mass is 16.1. The van der Waals surface area contributed by atoms with Crippen molar-refractivity contribution in [2.45, 2.75) is 50.6 Å². The lowest BCUT2D eigenvalue weighted by Crippen LogP contribution is -2.66. The van der Waals surface area contributed by atoms with Crippen molar-refractivity contribution in [3.63, 3.8) is 0 Å². The molecule has 2 atom stereocenters. The molecule has 208 valence electrons. The molecule has 5 aromatic rings. The zero-order chi connectivity index (χ0) is 29.2. The molecule has 0 amide bonds. The van der Waals surface area contributed by atoms with Crippen LogP contribution in [0.2, 0.25) is 0 Å². The smallest absolute Gasteiger partial charge is 0.200 e. The molecule has 0 aromatic heterocycles. The Balaban J connectivity index is 1.37. The second-order valence-electron chi connectivity index (χ2n) is 12.6. The number of hydrogen-bond donors (Lipinski definition) is 0. The fourth-order valence-corrected chi connectivity index (χ4v) is 7.12. The summed E-state index contributed by atoms with van der Waals surface area (Å²) in [6, 6.07) is 36.8. The van der Waals surface area contributed by atoms with Crippen molar-refractivity contribution >= 4 is 34.9 Å². The number of fused-ring (bicyclic) bond motifs is 2. The average Bonchev–Trinajstić information content (AvgIpc) is 3.38. The van der Waals surface area contributed by atoms with E-state index in [9.17, 15) is 9.59 Å². The fourth-order valence-electron chi connectivity index (χ4n) is 7.12. The normalized spacial score (nSPS) is 19.9. The first-order valence-electron chi connectivity index (χ1n) is 14.6. The second-order valence-corrected chi connectivity index (χ2v) is 12.6. The lowest BCUT2D eigenvalue weighted by Gasteiger charge is -2.33. The monoisotopic (exact) mass is 550 g/mol. The number of anilines is 4. The maximum atomic E-state index is 13.8. The first-order chi connectivity index (χ1) is 20.2. The Hall–Kier alpha value is -4.70. The zero-order valence-electron chi connectivity index (χ0n) is 24.4. The van der Waals surface area contributed by atoms with Crippen LogP contribution in [0.3, 0.4) is 0 Å². The summed E-state index contributed by atoms with van der Waals surface area (Å²) < 4.78 is 0. The van der Waals surface area contributed by atoms with E-state index in [1.165, 1.54) is 11.1 Å². The molecule has 0 bridgehead atoms. The van der Waals surface area contributed by atoms with Gasteiger partial charge in [0, 0.05) is 33.6 Å². The van der Waals surface area contributed by atoms with Crippen LogP contribution < -0.4 is 31.1 Å². The molecule has 0 saturated carbocycles. The predicted octanol–water partition coefficient (Wildman–Crippen LogP) is 5.84. The standard InChI is InChI=1S/C38H34N2O2/c1-37(2)29-19-11-13-21-31(29)39(25-15-7-5-8-16-25)33(37)23-27-35(41)28(36(27)42)24-34-38(3,4)30-20-12-14-22-32(30)40(34)26-17-9-6-10-18-26/h5-24,33-34H,1-4H3. The summed E-state index contributed by atoms with van der Waals surface area (Å²) in [7, 11) is 0. The maximum Gasteiger partial charge on any atom is 0.200 e. The molecule has 2 heterocycles. The van der Waals surface area contributed by atoms with E-state index in [-0.39, 0.29) is 44.2 Å². The quantitative estimate of drug-likeness (QED) is 0.282. The molecular formula is C38H34N2O2. The summed E-state index contributed by atoms with van der Waals surface area (Å²) in [5.74, 6) is 0. The topological polar surface area (TPSA) is 40.6 Å². The van der Waals surface area contributed by atoms with Crippen molar-refractivity contribution in [2.24, 2.45) is 0 Å². The third-order valence-electron chi connectivity index (χ3n) is 9.45. The van der Waals surface area contributed by atoms with Gasteiger partial charge in [-0.2, -0.15) is 0 Å². The van der Waals surface area contributed by atoms with E-state index in [4.69, 9.17) is 0 Å². The van der Waals surface area contributed by atoms with E-state index < -0.39 is 0 Å². The van der Waals surface area contributed by atoms with Crippen molar-refractivity contribution in [2.75, 3.05) is 9.80 Å². The van der Waals surface area contributed by atoms with Crippen LogP contribution in [0.4, 0.5) is 22.7 Å². The third-order valence-corrected chi connectivity index (χ3v) is 9.45. The van der Waals surface area contributed by atoms with Crippen molar-refractivity contribution in [1.29, 1.82) is 0 Å². The van der Waals surface area contributed by atoms with Gasteiger partial charge in [-0.1, -0.05) is 100 Å². The molecule has 0 radical (unpaired) electrons. The molecule has 0 saturated heterocycles. The van der Waals surface area contributed by atoms with Crippen LogP contribution in [0.5, 0.6) is 0 Å². The highest BCUT2D eigenvalue weighted by Crippen LogP contribution is 2.50. The highest BCUT2D eigenvalue weighted by molar-refractivity contribution is 5.79. The van der Waals surface area contributed by atoms with Crippen LogP contribution in [0.15, 0.2) is 119 Å². The number of rotatable bonds is 4. The molecule has 0 fully saturated rings. The van der Waals surface area contributed by atoms with Gasteiger partial charge in [0.25, 0.3) is 0 Å². The molecule has 2 aliphatic heterocycles. The van der Waals surface area contributed by atoms with E-state index in [2.05, 4.69) is 98.2 Å². The van der Waals surface area contributed by atoms with Gasteiger partial charge in [0.2, 0.25) is 0 Å². The predicted molar refractivity (Wildman–Crippen MR) is 173 cm³/mol. The first-order valence-corrected chi connectivity index (χ1v) is 14.6. The second kappa shape index (κ2) is 9.42. The van der Waals surface area contributed by atoms with Crippen molar-refractivity contribution in [3.05, 3.63) is 151 Å². The van der Waals surface area contributed by atoms with Gasteiger partial charge in [-0.3, -0.25) is 9.59 Å². The highest BCUT2D eigenvalue weighted by Gasteiger charge is 2.45. The summed E-state index contributed by atoms with van der Waals surface area (Å²) in [4.78, 5) is 32.1. The van der Waals surface area contributed by atoms with Crippen LogP contribution in [-0.2, 0) is 10.8 Å². The molecule has 2 unspecified atom stereocenters. The molecule has 7 rings (SSSR count). The Kier molecular flexibility index (Phi) is 5.88. The van der Waals surface area contributed by atoms with Crippen molar-refractivity contribution in [3.8, 4) is 0 Å². The summed E-state index contributed by atoms with van der Waals surface area (Å²) in [6.45, 7) is 8.77. The largest absolute Gasteiger partial charge is 0.333 e. The number of hydrogen-bond acceptors (Lipinski definition) is 4. The van der Waals surface area contributed by atoms with E-state index in [0.29, 0.717) is 0 Å². The fraction of sp³-hybridized carbons (Fsp3) is 0.211. The minimum absolute atomic E-state index is 0.167. The third kappa shape index (κ3) is 3.75. The summed E-state index contributed by atoms with van der Waals surface area (Å²) in [6.07, 6.45) is 3.83. The first kappa shape index (κ1) is 26.2. The van der Waals surface area contributed by atoms with Gasteiger partial charge in [-0.15, -0.1) is 0 Å². The molecule has 4 nitrogen and oxygen atoms in total. The molecular weight excluding hydrogens is 516 g/mol. The maximum absolute atomic E-state index is 13.8. The molecule has 42 heavy (non-hydrogen) atoms. The Labute approximate surface area is 246 Å². The van der Waals surface area contributed by atoms with Crippen LogP contribution in [0.25, 0.3) is 12.2 Å². The van der Waals surface area contributed by atoms with Gasteiger partial charge in [0.05, 0.1) is 22.5 Å². The van der Waals surface area contributed by atoms with Crippen LogP contribution in [0, 0.1) is 0 Å². The Bertz CT molecular complexity index is 1830. The summed E-state index contributed by atoms with van der Waals surface area (Å²) in [5, 5.41) is 0.570. The summed E-state index contributed by atoms with van der Waals surface area (Å²) in [5.41, 5.74) is 5.75. The van der Waals surface area contributed by atoms with E-state index in [1.807, 2.05) is 60.7 Å². The van der Waals surface area contributed by atoms with Crippen LogP contribution in [-0.4, -0.2) is 12.1 Å². The van der Waals surface area contributed by atoms with Gasteiger partial charge >= 0.3 is 0 Å². The molecule has 0 spiro atoms. The van der Waals surface area contributed by atoms with Gasteiger partial charge in [0.1, 0.15) is 0 Å². The van der Waals surface area contributed by atoms with Gasteiger partial charge in [-0.05, 0) is 59.7 Å². The molecule has 0 aliphatic carbocycles. The minimum Gasteiger partial charge on any atom is -0.333 e. The molecule has 2 aliphatic rings. The van der Waals surface area contributed by atoms with E-state index in [0.717, 1.165) is 22.7 Å². The van der Waals surface area contributed by atoms with Crippen molar-refractivity contribution < 1.29 is 0 Å². The van der Waals surface area contributed by atoms with Crippen LogP contribution in [0.1, 0.15) is 38.8 Å². The van der Waals surface area contributed by atoms with E-state index in [1.54, 1.807) is 0 Å². The van der Waals surface area contributed by atoms with Gasteiger partial charge in [-0.25, -0.2) is 0 Å². The lowest BCUT2D eigenvalue weighted by molar-refractivity contribution is 0.510. The lowest BCUT2D eigenvalue weighted by atomic mass is 9.79. The zero-order valence-corrected chi connectivity index (χ0v) is 24.4. The van der Waals surface area contributed by atoms with Crippen LogP contribution >= 0.6 is 0 Å². The Morgan fingerprint density at radius 3 is 1.21 bits per heavy atom. The van der Waals surface area contributed by atoms with Crippen molar-refractivity contribution in [1.82, 2.24) is 0 Å². The Morgan fingerprint density at radius 1 is 0.500 bits per heavy atom. The number of nitrogens with zero attached hydrogens (tertiary/aromatic N) is 2.